The van der Waals surface area contributed by atoms with Gasteiger partial charge >= 0.3 is 6.18 Å². The molecule has 3 aromatic heterocycles. The van der Waals surface area contributed by atoms with Gasteiger partial charge in [0.1, 0.15) is 11.3 Å². The number of hydrogen-bond acceptors (Lipinski definition) is 8. The van der Waals surface area contributed by atoms with Gasteiger partial charge in [-0.25, -0.2) is 0 Å². The number of amides is 1. The van der Waals surface area contributed by atoms with Crippen molar-refractivity contribution in [2.45, 2.75) is 18.8 Å². The number of alkyl halides is 3. The second-order valence-corrected chi connectivity index (χ2v) is 8.09. The Kier molecular flexibility index (Phi) is 6.71. The second kappa shape index (κ2) is 10.3. The van der Waals surface area contributed by atoms with Crippen LogP contribution in [0.2, 0.25) is 0 Å². The number of nitrogens with one attached hydrogen (secondary N) is 1. The van der Waals surface area contributed by atoms with E-state index >= 15 is 0 Å². The van der Waals surface area contributed by atoms with Crippen molar-refractivity contribution >= 4 is 5.91 Å². The Labute approximate surface area is 212 Å². The van der Waals surface area contributed by atoms with Crippen LogP contribution in [0.5, 0.6) is 0 Å². The van der Waals surface area contributed by atoms with Gasteiger partial charge in [0.05, 0.1) is 12.2 Å². The molecular formula is C26H18F3N5O4. The van der Waals surface area contributed by atoms with Crippen molar-refractivity contribution in [2.24, 2.45) is 0 Å². The maximum absolute atomic E-state index is 13.9. The summed E-state index contributed by atoms with van der Waals surface area (Å²) >= 11 is 0. The molecule has 12 heteroatoms. The number of carbonyl (C=O) groups excluding carboxylic acids is 1. The SMILES string of the molecule is O=C(NCc1ccccn1)[C@H](O)c1ccc(-c2noc(-c3onc(-c4ccccc4)c3C(F)(F)F)n2)cc1. The van der Waals surface area contributed by atoms with Gasteiger partial charge in [-0.1, -0.05) is 71.0 Å². The normalized spacial score (nSPS) is 12.3. The van der Waals surface area contributed by atoms with Crippen LogP contribution in [-0.4, -0.2) is 31.3 Å². The summed E-state index contributed by atoms with van der Waals surface area (Å²) < 4.78 is 51.9. The van der Waals surface area contributed by atoms with Gasteiger partial charge in [0.25, 0.3) is 11.8 Å². The number of aliphatic hydroxyl groups excluding tert-OH is 1. The summed E-state index contributed by atoms with van der Waals surface area (Å²) in [5, 5.41) is 20.3. The standard InChI is InChI=1S/C26H18F3N5O4/c27-26(28,29)19-20(15-6-2-1-3-7-15)33-37-22(19)25-32-23(34-38-25)17-11-9-16(10-12-17)21(35)24(36)31-14-18-8-4-5-13-30-18/h1-13,21,35H,14H2,(H,31,36)/t21-/m1/s1. The van der Waals surface area contributed by atoms with Gasteiger partial charge in [0.15, 0.2) is 6.10 Å². The van der Waals surface area contributed by atoms with Crippen LogP contribution in [0, 0.1) is 0 Å². The zero-order valence-electron chi connectivity index (χ0n) is 19.4. The van der Waals surface area contributed by atoms with Gasteiger partial charge in [-0.05, 0) is 17.7 Å². The Bertz CT molecular complexity index is 1530. The van der Waals surface area contributed by atoms with Crippen LogP contribution in [0.15, 0.2) is 88.0 Å². The molecule has 5 rings (SSSR count). The van der Waals surface area contributed by atoms with Crippen LogP contribution in [0.4, 0.5) is 13.2 Å². The summed E-state index contributed by atoms with van der Waals surface area (Å²) in [6, 6.07) is 19.0. The van der Waals surface area contributed by atoms with Crippen LogP contribution in [0.25, 0.3) is 34.3 Å². The molecule has 0 aliphatic heterocycles. The minimum Gasteiger partial charge on any atom is -0.378 e. The van der Waals surface area contributed by atoms with E-state index in [0.717, 1.165) is 0 Å². The molecule has 0 aliphatic rings. The molecule has 9 nitrogen and oxygen atoms in total. The zero-order valence-corrected chi connectivity index (χ0v) is 19.4. The number of rotatable bonds is 7. The number of hydrogen-bond donors (Lipinski definition) is 2. The van der Waals surface area contributed by atoms with E-state index in [1.54, 1.807) is 42.6 Å². The molecule has 3 heterocycles. The molecule has 2 aromatic carbocycles. The molecule has 0 bridgehead atoms. The summed E-state index contributed by atoms with van der Waals surface area (Å²) in [5.41, 5.74) is -0.0127. The largest absolute Gasteiger partial charge is 0.422 e. The Morgan fingerprint density at radius 1 is 0.921 bits per heavy atom. The predicted octanol–water partition coefficient (Wildman–Crippen LogP) is 4.82. The molecule has 0 saturated heterocycles. The highest BCUT2D eigenvalue weighted by Crippen LogP contribution is 2.43. The van der Waals surface area contributed by atoms with Gasteiger partial charge in [-0.3, -0.25) is 9.78 Å². The number of aromatic nitrogens is 4. The maximum atomic E-state index is 13.9. The number of nitrogens with zero attached hydrogens (tertiary/aromatic N) is 4. The van der Waals surface area contributed by atoms with Crippen molar-refractivity contribution < 1.29 is 32.1 Å². The summed E-state index contributed by atoms with van der Waals surface area (Å²) in [6.07, 6.45) is -4.66. The number of carbonyl (C=O) groups is 1. The van der Waals surface area contributed by atoms with E-state index in [1.165, 1.54) is 36.4 Å². The van der Waals surface area contributed by atoms with E-state index in [-0.39, 0.29) is 23.5 Å². The number of benzene rings is 2. The Balaban J connectivity index is 1.34. The molecule has 1 amide bonds. The summed E-state index contributed by atoms with van der Waals surface area (Å²) in [4.78, 5) is 20.5. The maximum Gasteiger partial charge on any atom is 0.422 e. The first-order chi connectivity index (χ1) is 18.3. The number of aliphatic hydroxyl groups is 1. The van der Waals surface area contributed by atoms with Crippen molar-refractivity contribution in [3.8, 4) is 34.3 Å². The fourth-order valence-corrected chi connectivity index (χ4v) is 3.67. The number of halogens is 3. The highest BCUT2D eigenvalue weighted by atomic mass is 19.4. The van der Waals surface area contributed by atoms with Crippen molar-refractivity contribution in [3.63, 3.8) is 0 Å². The average molecular weight is 521 g/mol. The van der Waals surface area contributed by atoms with Gasteiger partial charge in [-0.2, -0.15) is 18.2 Å². The van der Waals surface area contributed by atoms with E-state index in [1.807, 2.05) is 0 Å². The minimum atomic E-state index is -4.80. The smallest absolute Gasteiger partial charge is 0.378 e. The van der Waals surface area contributed by atoms with Crippen molar-refractivity contribution in [1.82, 2.24) is 25.6 Å². The van der Waals surface area contributed by atoms with Crippen LogP contribution >= 0.6 is 0 Å². The molecular weight excluding hydrogens is 503 g/mol. The number of pyridine rings is 1. The van der Waals surface area contributed by atoms with E-state index in [0.29, 0.717) is 11.3 Å². The first-order valence-corrected chi connectivity index (χ1v) is 11.2. The van der Waals surface area contributed by atoms with Gasteiger partial charge < -0.3 is 19.5 Å². The van der Waals surface area contributed by atoms with E-state index in [2.05, 4.69) is 25.6 Å². The van der Waals surface area contributed by atoms with E-state index < -0.39 is 41.1 Å². The second-order valence-electron chi connectivity index (χ2n) is 8.09. The molecule has 1 atom stereocenters. The van der Waals surface area contributed by atoms with E-state index in [4.69, 9.17) is 9.05 Å². The topological polar surface area (TPSA) is 127 Å². The minimum absolute atomic E-state index is 0.0218. The summed E-state index contributed by atoms with van der Waals surface area (Å²) in [5.74, 6) is -1.84. The lowest BCUT2D eigenvalue weighted by Gasteiger charge is -2.11. The van der Waals surface area contributed by atoms with Crippen LogP contribution in [0.3, 0.4) is 0 Å². The van der Waals surface area contributed by atoms with Gasteiger partial charge in [0, 0.05) is 17.3 Å². The van der Waals surface area contributed by atoms with Crippen molar-refractivity contribution in [3.05, 3.63) is 95.8 Å². The predicted molar refractivity (Wildman–Crippen MR) is 127 cm³/mol. The molecule has 0 spiro atoms. The fourth-order valence-electron chi connectivity index (χ4n) is 3.67. The molecule has 2 N–H and O–H groups in total. The molecule has 0 unspecified atom stereocenters. The molecule has 0 fully saturated rings. The van der Waals surface area contributed by atoms with Gasteiger partial charge in [-0.15, -0.1) is 0 Å². The van der Waals surface area contributed by atoms with Crippen LogP contribution in [-0.2, 0) is 17.5 Å². The van der Waals surface area contributed by atoms with Crippen molar-refractivity contribution in [1.29, 1.82) is 0 Å². The Morgan fingerprint density at radius 3 is 2.34 bits per heavy atom. The molecule has 0 saturated carbocycles. The van der Waals surface area contributed by atoms with Crippen molar-refractivity contribution in [2.75, 3.05) is 0 Å². The highest BCUT2D eigenvalue weighted by molar-refractivity contribution is 5.82. The molecule has 0 aliphatic carbocycles. The lowest BCUT2D eigenvalue weighted by atomic mass is 10.1. The molecule has 38 heavy (non-hydrogen) atoms. The first-order valence-electron chi connectivity index (χ1n) is 11.2. The Morgan fingerprint density at radius 2 is 1.66 bits per heavy atom. The average Bonchev–Trinajstić information content (AvgIpc) is 3.60. The molecule has 0 radical (unpaired) electrons. The summed E-state index contributed by atoms with van der Waals surface area (Å²) in [6.45, 7) is 0.147. The highest BCUT2D eigenvalue weighted by Gasteiger charge is 2.43. The van der Waals surface area contributed by atoms with Crippen LogP contribution < -0.4 is 5.32 Å². The third kappa shape index (κ3) is 5.15. The summed E-state index contributed by atoms with van der Waals surface area (Å²) in [7, 11) is 0. The quantitative estimate of drug-likeness (QED) is 0.312. The molecule has 192 valence electrons. The van der Waals surface area contributed by atoms with Crippen LogP contribution in [0.1, 0.15) is 22.9 Å². The third-order valence-corrected chi connectivity index (χ3v) is 5.55. The lowest BCUT2D eigenvalue weighted by molar-refractivity contribution is -0.137. The van der Waals surface area contributed by atoms with E-state index in [9.17, 15) is 23.1 Å². The third-order valence-electron chi connectivity index (χ3n) is 5.55. The fraction of sp³-hybridized carbons (Fsp3) is 0.115. The lowest BCUT2D eigenvalue weighted by Crippen LogP contribution is -2.29. The van der Waals surface area contributed by atoms with Gasteiger partial charge in [0.2, 0.25) is 11.6 Å². The molecule has 5 aromatic rings. The zero-order chi connectivity index (χ0) is 26.7. The monoisotopic (exact) mass is 521 g/mol. The Hall–Kier alpha value is -4.84. The first kappa shape index (κ1) is 24.8.